The number of carboxylic acid groups (broad SMARTS) is 1. The number of hydrazone groups is 1. The summed E-state index contributed by atoms with van der Waals surface area (Å²) in [5, 5.41) is 13.1. The molecule has 1 heterocycles. The van der Waals surface area contributed by atoms with Gasteiger partial charge in [-0.3, -0.25) is 14.8 Å². The van der Waals surface area contributed by atoms with Crippen LogP contribution < -0.4 is 16.7 Å². The number of anilines is 1. The molecule has 120 valence electrons. The number of carbonyl (C=O) groups is 1. The standard InChI is InChI=1S/C14H13ClN4O4/c1-18-7-9(12(20)19(2)14(18)23)6-16-17-11-5-8(13(21)22)3-4-10(11)15/h3-7,17H,1-2H3,(H,21,22). The van der Waals surface area contributed by atoms with Crippen molar-refractivity contribution >= 4 is 29.5 Å². The molecule has 0 atom stereocenters. The monoisotopic (exact) mass is 336 g/mol. The van der Waals surface area contributed by atoms with Crippen molar-refractivity contribution in [1.82, 2.24) is 9.13 Å². The molecule has 0 unspecified atom stereocenters. The molecule has 0 saturated carbocycles. The van der Waals surface area contributed by atoms with Crippen LogP contribution in [0.5, 0.6) is 0 Å². The number of carboxylic acids is 1. The summed E-state index contributed by atoms with van der Waals surface area (Å²) < 4.78 is 2.21. The van der Waals surface area contributed by atoms with Crippen LogP contribution in [0.4, 0.5) is 5.69 Å². The fourth-order valence-corrected chi connectivity index (χ4v) is 2.00. The van der Waals surface area contributed by atoms with Crippen LogP contribution in [0.1, 0.15) is 15.9 Å². The highest BCUT2D eigenvalue weighted by Gasteiger charge is 2.07. The highest BCUT2D eigenvalue weighted by molar-refractivity contribution is 6.33. The molecular weight excluding hydrogens is 324 g/mol. The van der Waals surface area contributed by atoms with E-state index in [1.807, 2.05) is 0 Å². The van der Waals surface area contributed by atoms with Gasteiger partial charge in [0.05, 0.1) is 28.1 Å². The highest BCUT2D eigenvalue weighted by atomic mass is 35.5. The number of nitrogens with one attached hydrogen (secondary N) is 1. The molecule has 23 heavy (non-hydrogen) atoms. The van der Waals surface area contributed by atoms with Crippen molar-refractivity contribution in [2.75, 3.05) is 5.43 Å². The second-order valence-corrected chi connectivity index (χ2v) is 5.12. The second kappa shape index (κ2) is 6.49. The van der Waals surface area contributed by atoms with Crippen molar-refractivity contribution in [3.05, 3.63) is 61.4 Å². The SMILES string of the molecule is Cn1cc(C=NNc2cc(C(=O)O)ccc2Cl)c(=O)n(C)c1=O. The van der Waals surface area contributed by atoms with Gasteiger partial charge >= 0.3 is 11.7 Å². The van der Waals surface area contributed by atoms with Crippen LogP contribution in [-0.4, -0.2) is 26.4 Å². The minimum atomic E-state index is -1.10. The average Bonchev–Trinajstić information content (AvgIpc) is 2.51. The van der Waals surface area contributed by atoms with E-state index in [0.717, 1.165) is 4.57 Å². The molecule has 0 radical (unpaired) electrons. The summed E-state index contributed by atoms with van der Waals surface area (Å²) in [6.07, 6.45) is 2.58. The van der Waals surface area contributed by atoms with E-state index in [1.165, 1.54) is 49.3 Å². The second-order valence-electron chi connectivity index (χ2n) is 4.71. The van der Waals surface area contributed by atoms with Gasteiger partial charge in [0.15, 0.2) is 0 Å². The van der Waals surface area contributed by atoms with Crippen LogP contribution in [0.3, 0.4) is 0 Å². The normalized spacial score (nSPS) is 10.9. The van der Waals surface area contributed by atoms with E-state index in [0.29, 0.717) is 0 Å². The number of halogens is 1. The van der Waals surface area contributed by atoms with Crippen LogP contribution in [0, 0.1) is 0 Å². The molecule has 2 aromatic rings. The van der Waals surface area contributed by atoms with Crippen LogP contribution in [0.2, 0.25) is 5.02 Å². The Kier molecular flexibility index (Phi) is 4.65. The number of hydrogen-bond acceptors (Lipinski definition) is 5. The summed E-state index contributed by atoms with van der Waals surface area (Å²) in [7, 11) is 2.88. The first kappa shape index (κ1) is 16.5. The van der Waals surface area contributed by atoms with E-state index in [9.17, 15) is 14.4 Å². The van der Waals surface area contributed by atoms with Crippen molar-refractivity contribution in [3.63, 3.8) is 0 Å². The molecule has 8 nitrogen and oxygen atoms in total. The number of aryl methyl sites for hydroxylation is 1. The summed E-state index contributed by atoms with van der Waals surface area (Å²) in [5.41, 5.74) is 2.15. The van der Waals surface area contributed by atoms with Gasteiger partial charge in [-0.15, -0.1) is 0 Å². The molecule has 2 N–H and O–H groups in total. The Morgan fingerprint density at radius 2 is 2.04 bits per heavy atom. The third-order valence-corrected chi connectivity index (χ3v) is 3.40. The predicted molar refractivity (Wildman–Crippen MR) is 86.6 cm³/mol. The Morgan fingerprint density at radius 3 is 2.70 bits per heavy atom. The molecule has 0 amide bonds. The summed E-state index contributed by atoms with van der Waals surface area (Å²) in [5.74, 6) is -1.10. The van der Waals surface area contributed by atoms with Crippen LogP contribution >= 0.6 is 11.6 Å². The number of hydrogen-bond donors (Lipinski definition) is 2. The number of rotatable bonds is 4. The Morgan fingerprint density at radius 1 is 1.35 bits per heavy atom. The molecule has 0 saturated heterocycles. The zero-order chi connectivity index (χ0) is 17.1. The largest absolute Gasteiger partial charge is 0.478 e. The third-order valence-electron chi connectivity index (χ3n) is 3.07. The molecule has 0 aliphatic heterocycles. The first-order valence-corrected chi connectivity index (χ1v) is 6.77. The first-order valence-electron chi connectivity index (χ1n) is 6.40. The molecule has 0 fully saturated rings. The zero-order valence-electron chi connectivity index (χ0n) is 12.3. The molecule has 0 aliphatic rings. The summed E-state index contributed by atoms with van der Waals surface area (Å²) in [4.78, 5) is 34.4. The molecular formula is C14H13ClN4O4. The maximum Gasteiger partial charge on any atom is 0.335 e. The van der Waals surface area contributed by atoms with Gasteiger partial charge in [-0.1, -0.05) is 11.6 Å². The van der Waals surface area contributed by atoms with Crippen molar-refractivity contribution < 1.29 is 9.90 Å². The minimum absolute atomic E-state index is 0.0464. The van der Waals surface area contributed by atoms with Crippen LogP contribution in [-0.2, 0) is 14.1 Å². The van der Waals surface area contributed by atoms with Gasteiger partial charge in [-0.25, -0.2) is 9.59 Å². The lowest BCUT2D eigenvalue weighted by molar-refractivity contribution is 0.0697. The molecule has 0 bridgehead atoms. The van der Waals surface area contributed by atoms with E-state index < -0.39 is 17.2 Å². The molecule has 0 aliphatic carbocycles. The maximum atomic E-state index is 11.9. The van der Waals surface area contributed by atoms with Gasteiger partial charge in [-0.05, 0) is 18.2 Å². The van der Waals surface area contributed by atoms with E-state index in [1.54, 1.807) is 0 Å². The summed E-state index contributed by atoms with van der Waals surface area (Å²) in [6, 6.07) is 4.11. The lowest BCUT2D eigenvalue weighted by Crippen LogP contribution is -2.38. The van der Waals surface area contributed by atoms with E-state index in [-0.39, 0.29) is 21.8 Å². The Hall–Kier alpha value is -2.87. The molecule has 2 rings (SSSR count). The molecule has 1 aromatic heterocycles. The minimum Gasteiger partial charge on any atom is -0.478 e. The number of benzene rings is 1. The fraction of sp³-hybridized carbons (Fsp3) is 0.143. The van der Waals surface area contributed by atoms with Crippen molar-refractivity contribution in [1.29, 1.82) is 0 Å². The topological polar surface area (TPSA) is 106 Å². The maximum absolute atomic E-state index is 11.9. The van der Waals surface area contributed by atoms with Crippen LogP contribution in [0.15, 0.2) is 39.1 Å². The van der Waals surface area contributed by atoms with Gasteiger partial charge in [0.1, 0.15) is 0 Å². The Labute approximate surface area is 135 Å². The molecule has 0 spiro atoms. The molecule has 1 aromatic carbocycles. The van der Waals surface area contributed by atoms with Gasteiger partial charge in [0.25, 0.3) is 5.56 Å². The van der Waals surface area contributed by atoms with Crippen molar-refractivity contribution in [2.24, 2.45) is 19.2 Å². The van der Waals surface area contributed by atoms with Gasteiger partial charge in [0.2, 0.25) is 0 Å². The van der Waals surface area contributed by atoms with Crippen molar-refractivity contribution in [2.45, 2.75) is 0 Å². The lowest BCUT2D eigenvalue weighted by atomic mass is 10.2. The van der Waals surface area contributed by atoms with E-state index in [2.05, 4.69) is 10.5 Å². The van der Waals surface area contributed by atoms with Gasteiger partial charge in [-0.2, -0.15) is 5.10 Å². The smallest absolute Gasteiger partial charge is 0.335 e. The number of aromatic carboxylic acids is 1. The van der Waals surface area contributed by atoms with Crippen LogP contribution in [0.25, 0.3) is 0 Å². The summed E-state index contributed by atoms with van der Waals surface area (Å²) >= 11 is 5.94. The zero-order valence-corrected chi connectivity index (χ0v) is 13.0. The quantitative estimate of drug-likeness (QED) is 0.637. The lowest BCUT2D eigenvalue weighted by Gasteiger charge is -2.05. The highest BCUT2D eigenvalue weighted by Crippen LogP contribution is 2.22. The fourth-order valence-electron chi connectivity index (χ4n) is 1.84. The Balaban J connectivity index is 2.30. The third kappa shape index (κ3) is 3.49. The predicted octanol–water partition coefficient (Wildman–Crippen LogP) is 0.882. The average molecular weight is 337 g/mol. The van der Waals surface area contributed by atoms with Gasteiger partial charge in [0, 0.05) is 20.3 Å². The van der Waals surface area contributed by atoms with E-state index >= 15 is 0 Å². The first-order chi connectivity index (χ1) is 10.8. The molecule has 9 heteroatoms. The summed E-state index contributed by atoms with van der Waals surface area (Å²) in [6.45, 7) is 0. The number of aromatic nitrogens is 2. The van der Waals surface area contributed by atoms with E-state index in [4.69, 9.17) is 16.7 Å². The number of nitrogens with zero attached hydrogens (tertiary/aromatic N) is 3. The Bertz CT molecular complexity index is 914. The van der Waals surface area contributed by atoms with Gasteiger partial charge < -0.3 is 9.67 Å². The van der Waals surface area contributed by atoms with Crippen molar-refractivity contribution in [3.8, 4) is 0 Å².